The molecule has 0 amide bonds. The predicted molar refractivity (Wildman–Crippen MR) is 91.3 cm³/mol. The maximum atomic E-state index is 4.66. The largest absolute Gasteiger partial charge is 0.341 e. The monoisotopic (exact) mass is 302 g/mol. The minimum Gasteiger partial charge on any atom is -0.341 e. The minimum atomic E-state index is 0.644. The molecule has 0 unspecified atom stereocenters. The van der Waals surface area contributed by atoms with Crippen LogP contribution in [0.2, 0.25) is 0 Å². The van der Waals surface area contributed by atoms with Crippen LogP contribution in [0.5, 0.6) is 0 Å². The summed E-state index contributed by atoms with van der Waals surface area (Å²) in [5.74, 6) is 2.42. The third-order valence-corrected chi connectivity index (χ3v) is 5.46. The summed E-state index contributed by atoms with van der Waals surface area (Å²) in [7, 11) is 0. The number of rotatable bonds is 3. The normalized spacial score (nSPS) is 22.5. The van der Waals surface area contributed by atoms with Crippen LogP contribution in [-0.4, -0.2) is 47.1 Å². The molecule has 0 N–H and O–H groups in total. The van der Waals surface area contributed by atoms with Crippen LogP contribution in [0.4, 0.5) is 5.95 Å². The molecule has 1 aromatic heterocycles. The van der Waals surface area contributed by atoms with Gasteiger partial charge in [-0.1, -0.05) is 6.92 Å². The van der Waals surface area contributed by atoms with E-state index in [1.54, 1.807) is 0 Å². The molecule has 0 radical (unpaired) electrons. The fourth-order valence-corrected chi connectivity index (χ4v) is 3.66. The van der Waals surface area contributed by atoms with Gasteiger partial charge in [0.2, 0.25) is 5.95 Å². The molecule has 122 valence electrons. The zero-order valence-corrected chi connectivity index (χ0v) is 14.3. The molecular formula is C18H30N4. The summed E-state index contributed by atoms with van der Waals surface area (Å²) in [6.45, 7) is 11.5. The van der Waals surface area contributed by atoms with Gasteiger partial charge in [0.05, 0.1) is 0 Å². The minimum absolute atomic E-state index is 0.644. The van der Waals surface area contributed by atoms with E-state index in [2.05, 4.69) is 52.9 Å². The molecule has 3 heterocycles. The average molecular weight is 302 g/mol. The summed E-state index contributed by atoms with van der Waals surface area (Å²) in [6.07, 6.45) is 9.16. The fourth-order valence-electron chi connectivity index (χ4n) is 3.66. The molecule has 1 aromatic rings. The summed E-state index contributed by atoms with van der Waals surface area (Å²) in [6, 6.07) is 0.668. The molecule has 2 fully saturated rings. The van der Waals surface area contributed by atoms with Gasteiger partial charge in [-0.3, -0.25) is 0 Å². The molecular weight excluding hydrogens is 272 g/mol. The van der Waals surface area contributed by atoms with Crippen LogP contribution >= 0.6 is 0 Å². The van der Waals surface area contributed by atoms with Gasteiger partial charge >= 0.3 is 0 Å². The number of likely N-dealkylation sites (tertiary alicyclic amines) is 1. The van der Waals surface area contributed by atoms with Gasteiger partial charge in [0.25, 0.3) is 0 Å². The van der Waals surface area contributed by atoms with E-state index in [4.69, 9.17) is 0 Å². The number of anilines is 1. The Morgan fingerprint density at radius 3 is 2.09 bits per heavy atom. The average Bonchev–Trinajstić information content (AvgIpc) is 2.56. The van der Waals surface area contributed by atoms with Gasteiger partial charge < -0.3 is 9.80 Å². The fraction of sp³-hybridized carbons (Fsp3) is 0.778. The maximum Gasteiger partial charge on any atom is 0.225 e. The van der Waals surface area contributed by atoms with E-state index in [0.717, 1.165) is 25.0 Å². The predicted octanol–water partition coefficient (Wildman–Crippen LogP) is 3.30. The molecule has 0 saturated carbocycles. The first kappa shape index (κ1) is 15.7. The smallest absolute Gasteiger partial charge is 0.225 e. The van der Waals surface area contributed by atoms with Crippen LogP contribution in [0.1, 0.15) is 57.9 Å². The Kier molecular flexibility index (Phi) is 4.97. The summed E-state index contributed by atoms with van der Waals surface area (Å²) >= 11 is 0. The second-order valence-electron chi connectivity index (χ2n) is 7.39. The van der Waals surface area contributed by atoms with E-state index in [9.17, 15) is 0 Å². The molecule has 2 aliphatic heterocycles. The van der Waals surface area contributed by atoms with Gasteiger partial charge in [0, 0.05) is 31.5 Å². The van der Waals surface area contributed by atoms with Crippen molar-refractivity contribution in [3.63, 3.8) is 0 Å². The van der Waals surface area contributed by atoms with Crippen LogP contribution in [0, 0.1) is 5.92 Å². The first-order valence-electron chi connectivity index (χ1n) is 8.94. The van der Waals surface area contributed by atoms with E-state index >= 15 is 0 Å². The molecule has 0 aliphatic carbocycles. The highest BCUT2D eigenvalue weighted by Crippen LogP contribution is 2.28. The molecule has 0 spiro atoms. The van der Waals surface area contributed by atoms with Crippen molar-refractivity contribution in [3.8, 4) is 0 Å². The summed E-state index contributed by atoms with van der Waals surface area (Å²) in [4.78, 5) is 14.2. The Balaban J connectivity index is 1.58. The second-order valence-corrected chi connectivity index (χ2v) is 7.39. The molecule has 4 nitrogen and oxygen atoms in total. The number of hydrogen-bond acceptors (Lipinski definition) is 4. The topological polar surface area (TPSA) is 32.3 Å². The molecule has 0 bridgehead atoms. The van der Waals surface area contributed by atoms with Gasteiger partial charge in [-0.2, -0.15) is 0 Å². The summed E-state index contributed by atoms with van der Waals surface area (Å²) in [5, 5.41) is 0. The first-order chi connectivity index (χ1) is 10.6. The van der Waals surface area contributed by atoms with Crippen molar-refractivity contribution in [2.24, 2.45) is 5.92 Å². The zero-order chi connectivity index (χ0) is 15.5. The highest BCUT2D eigenvalue weighted by Gasteiger charge is 2.23. The lowest BCUT2D eigenvalue weighted by Crippen LogP contribution is -2.38. The molecule has 4 heteroatoms. The van der Waals surface area contributed by atoms with E-state index in [1.807, 2.05) is 0 Å². The molecule has 22 heavy (non-hydrogen) atoms. The zero-order valence-electron chi connectivity index (χ0n) is 14.3. The molecule has 3 rings (SSSR count). The Labute approximate surface area is 134 Å². The van der Waals surface area contributed by atoms with Gasteiger partial charge in [0.15, 0.2) is 0 Å². The van der Waals surface area contributed by atoms with Crippen molar-refractivity contribution in [3.05, 3.63) is 18.0 Å². The van der Waals surface area contributed by atoms with Gasteiger partial charge in [-0.25, -0.2) is 9.97 Å². The molecule has 0 atom stereocenters. The Morgan fingerprint density at radius 2 is 1.55 bits per heavy atom. The van der Waals surface area contributed by atoms with Crippen molar-refractivity contribution < 1.29 is 0 Å². The lowest BCUT2D eigenvalue weighted by Gasteiger charge is -2.34. The number of nitrogens with zero attached hydrogens (tertiary/aromatic N) is 4. The SMILES string of the molecule is CC1CCN(c2ncc(C3CCN(C(C)C)CC3)cn2)CC1. The van der Waals surface area contributed by atoms with Crippen molar-refractivity contribution in [2.45, 2.75) is 58.4 Å². The Bertz CT molecular complexity index is 454. The molecule has 0 aromatic carbocycles. The van der Waals surface area contributed by atoms with Gasteiger partial charge in [-0.05, 0) is 70.0 Å². The third kappa shape index (κ3) is 3.60. The Hall–Kier alpha value is -1.16. The van der Waals surface area contributed by atoms with Crippen molar-refractivity contribution in [1.82, 2.24) is 14.9 Å². The van der Waals surface area contributed by atoms with E-state index in [1.165, 1.54) is 44.3 Å². The summed E-state index contributed by atoms with van der Waals surface area (Å²) < 4.78 is 0. The van der Waals surface area contributed by atoms with Crippen molar-refractivity contribution >= 4 is 5.95 Å². The number of hydrogen-bond donors (Lipinski definition) is 0. The highest BCUT2D eigenvalue weighted by molar-refractivity contribution is 5.31. The van der Waals surface area contributed by atoms with Crippen molar-refractivity contribution in [1.29, 1.82) is 0 Å². The standard InChI is InChI=1S/C18H30N4/c1-14(2)21-10-6-16(7-11-21)17-12-19-18(20-13-17)22-8-4-15(3)5-9-22/h12-16H,4-11H2,1-3H3. The van der Waals surface area contributed by atoms with Crippen LogP contribution in [-0.2, 0) is 0 Å². The van der Waals surface area contributed by atoms with Gasteiger partial charge in [0.1, 0.15) is 0 Å². The Morgan fingerprint density at radius 1 is 0.955 bits per heavy atom. The molecule has 2 aliphatic rings. The number of aromatic nitrogens is 2. The van der Waals surface area contributed by atoms with E-state index in [-0.39, 0.29) is 0 Å². The third-order valence-electron chi connectivity index (χ3n) is 5.46. The first-order valence-corrected chi connectivity index (χ1v) is 8.94. The lowest BCUT2D eigenvalue weighted by atomic mass is 9.91. The second kappa shape index (κ2) is 6.95. The summed E-state index contributed by atoms with van der Waals surface area (Å²) in [5.41, 5.74) is 1.33. The maximum absolute atomic E-state index is 4.66. The van der Waals surface area contributed by atoms with Crippen LogP contribution in [0.15, 0.2) is 12.4 Å². The van der Waals surface area contributed by atoms with Crippen LogP contribution in [0.25, 0.3) is 0 Å². The molecule has 2 saturated heterocycles. The van der Waals surface area contributed by atoms with E-state index in [0.29, 0.717) is 12.0 Å². The highest BCUT2D eigenvalue weighted by atomic mass is 15.2. The van der Waals surface area contributed by atoms with Crippen LogP contribution < -0.4 is 4.90 Å². The lowest BCUT2D eigenvalue weighted by molar-refractivity contribution is 0.171. The number of piperidine rings is 2. The quantitative estimate of drug-likeness (QED) is 0.857. The van der Waals surface area contributed by atoms with Crippen molar-refractivity contribution in [2.75, 3.05) is 31.1 Å². The van der Waals surface area contributed by atoms with E-state index < -0.39 is 0 Å². The van der Waals surface area contributed by atoms with Crippen LogP contribution in [0.3, 0.4) is 0 Å². The van der Waals surface area contributed by atoms with Gasteiger partial charge in [-0.15, -0.1) is 0 Å².